The predicted molar refractivity (Wildman–Crippen MR) is 173 cm³/mol. The molecule has 1 saturated heterocycles. The molecule has 0 unspecified atom stereocenters. The zero-order valence-electron chi connectivity index (χ0n) is 26.4. The maximum Gasteiger partial charge on any atom is 0.491 e. The Morgan fingerprint density at radius 1 is 0.792 bits per heavy atom. The minimum Gasteiger partial charge on any atom is -0.420 e. The van der Waals surface area contributed by atoms with Gasteiger partial charge in [-0.2, -0.15) is 13.2 Å². The van der Waals surface area contributed by atoms with Gasteiger partial charge in [0.1, 0.15) is 5.75 Å². The van der Waals surface area contributed by atoms with Crippen molar-refractivity contribution in [3.63, 3.8) is 0 Å². The van der Waals surface area contributed by atoms with Crippen LogP contribution in [0.2, 0.25) is 0 Å². The third kappa shape index (κ3) is 8.65. The van der Waals surface area contributed by atoms with Crippen LogP contribution >= 0.6 is 0 Å². The van der Waals surface area contributed by atoms with Gasteiger partial charge < -0.3 is 30.9 Å². The van der Waals surface area contributed by atoms with Crippen molar-refractivity contribution in [1.29, 1.82) is 0 Å². The third-order valence-corrected chi connectivity index (χ3v) is 8.49. The van der Waals surface area contributed by atoms with Gasteiger partial charge in [-0.15, -0.1) is 0 Å². The average molecular weight is 666 g/mol. The Bertz CT molecular complexity index is 1640. The van der Waals surface area contributed by atoms with Gasteiger partial charge in [0.2, 0.25) is 5.91 Å². The van der Waals surface area contributed by atoms with Gasteiger partial charge in [0.25, 0.3) is 0 Å². The Kier molecular flexibility index (Phi) is 11.2. The minimum absolute atomic E-state index is 0.128. The van der Waals surface area contributed by atoms with Crippen LogP contribution in [-0.2, 0) is 16.0 Å². The van der Waals surface area contributed by atoms with E-state index in [0.717, 1.165) is 52.1 Å². The highest BCUT2D eigenvalue weighted by atomic mass is 19.4. The lowest BCUT2D eigenvalue weighted by atomic mass is 9.83. The second kappa shape index (κ2) is 15.5. The minimum atomic E-state index is -5.08. The Morgan fingerprint density at radius 3 is 2.00 bits per heavy atom. The van der Waals surface area contributed by atoms with Crippen LogP contribution in [0, 0.1) is 0 Å². The van der Waals surface area contributed by atoms with Crippen LogP contribution in [0.4, 0.5) is 18.9 Å². The molecule has 0 radical (unpaired) electrons. The number of hydrogen-bond donors (Lipinski definition) is 3. The SMILES string of the molecule is N[C@@H](Cc1ccc(OC(=O)C(F)(F)F)cc1)C(=O)NCCCN1CCN(CCCNc2cccc3c2C(=O)c2ccccc2C3=O)CC1. The van der Waals surface area contributed by atoms with Crippen molar-refractivity contribution in [3.05, 3.63) is 94.5 Å². The number of hydrogen-bond acceptors (Lipinski definition) is 9. The van der Waals surface area contributed by atoms with E-state index in [1.165, 1.54) is 24.3 Å². The molecule has 5 rings (SSSR count). The summed E-state index contributed by atoms with van der Waals surface area (Å²) in [6, 6.07) is 16.8. The summed E-state index contributed by atoms with van der Waals surface area (Å²) in [5.41, 5.74) is 9.09. The molecule has 0 spiro atoms. The van der Waals surface area contributed by atoms with Crippen LogP contribution in [0.25, 0.3) is 0 Å². The number of carbonyl (C=O) groups excluding carboxylic acids is 4. The normalized spacial score (nSPS) is 15.8. The predicted octanol–water partition coefficient (Wildman–Crippen LogP) is 3.43. The molecule has 2 aliphatic rings. The summed E-state index contributed by atoms with van der Waals surface area (Å²) in [7, 11) is 0. The maximum absolute atomic E-state index is 13.2. The Morgan fingerprint density at radius 2 is 1.38 bits per heavy atom. The number of anilines is 1. The topological polar surface area (TPSA) is 134 Å². The van der Waals surface area contributed by atoms with Gasteiger partial charge in [0.15, 0.2) is 11.6 Å². The van der Waals surface area contributed by atoms with Crippen molar-refractivity contribution in [2.24, 2.45) is 5.73 Å². The number of fused-ring (bicyclic) bond motifs is 2. The third-order valence-electron chi connectivity index (χ3n) is 8.49. The van der Waals surface area contributed by atoms with E-state index in [9.17, 15) is 32.3 Å². The first kappa shape index (κ1) is 34.7. The molecule has 1 aliphatic heterocycles. The highest BCUT2D eigenvalue weighted by molar-refractivity contribution is 6.30. The number of alkyl halides is 3. The number of benzene rings is 3. The maximum atomic E-state index is 13.2. The van der Waals surface area contributed by atoms with E-state index in [1.54, 1.807) is 36.4 Å². The zero-order chi connectivity index (χ0) is 34.3. The lowest BCUT2D eigenvalue weighted by Gasteiger charge is -2.34. The summed E-state index contributed by atoms with van der Waals surface area (Å²) < 4.78 is 41.3. The molecule has 0 bridgehead atoms. The molecule has 4 N–H and O–H groups in total. The number of ether oxygens (including phenoxy) is 1. The number of nitrogens with zero attached hydrogens (tertiary/aromatic N) is 2. The fourth-order valence-electron chi connectivity index (χ4n) is 5.91. The van der Waals surface area contributed by atoms with Crippen molar-refractivity contribution >= 4 is 29.1 Å². The van der Waals surface area contributed by atoms with E-state index in [2.05, 4.69) is 25.2 Å². The van der Waals surface area contributed by atoms with Gasteiger partial charge in [0, 0.05) is 61.6 Å². The summed E-state index contributed by atoms with van der Waals surface area (Å²) in [5.74, 6) is -3.13. The summed E-state index contributed by atoms with van der Waals surface area (Å²) in [4.78, 5) is 54.3. The molecular formula is C35H38F3N5O5. The number of nitrogens with one attached hydrogen (secondary N) is 2. The van der Waals surface area contributed by atoms with Crippen LogP contribution in [0.15, 0.2) is 66.7 Å². The lowest BCUT2D eigenvalue weighted by Crippen LogP contribution is -2.47. The van der Waals surface area contributed by atoms with E-state index < -0.39 is 18.2 Å². The van der Waals surface area contributed by atoms with Gasteiger partial charge in [-0.05, 0) is 56.1 Å². The Balaban J connectivity index is 0.950. The number of esters is 1. The lowest BCUT2D eigenvalue weighted by molar-refractivity contribution is -0.189. The Labute approximate surface area is 276 Å². The van der Waals surface area contributed by atoms with Gasteiger partial charge in [-0.25, -0.2) is 4.79 Å². The van der Waals surface area contributed by atoms with E-state index in [-0.39, 0.29) is 29.6 Å². The summed E-state index contributed by atoms with van der Waals surface area (Å²) in [6.07, 6.45) is -3.27. The number of carbonyl (C=O) groups is 4. The van der Waals surface area contributed by atoms with Crippen molar-refractivity contribution in [1.82, 2.24) is 15.1 Å². The number of nitrogens with two attached hydrogens (primary N) is 1. The second-order valence-electron chi connectivity index (χ2n) is 11.9. The quantitative estimate of drug-likeness (QED) is 0.112. The van der Waals surface area contributed by atoms with Crippen LogP contribution in [-0.4, -0.2) is 97.8 Å². The monoisotopic (exact) mass is 665 g/mol. The van der Waals surface area contributed by atoms with Crippen molar-refractivity contribution in [3.8, 4) is 5.75 Å². The molecule has 48 heavy (non-hydrogen) atoms. The second-order valence-corrected chi connectivity index (χ2v) is 11.9. The van der Waals surface area contributed by atoms with Crippen LogP contribution in [0.3, 0.4) is 0 Å². The zero-order valence-corrected chi connectivity index (χ0v) is 26.4. The molecular weight excluding hydrogens is 627 g/mol. The molecule has 254 valence electrons. The first-order valence-corrected chi connectivity index (χ1v) is 15.9. The first-order chi connectivity index (χ1) is 23.0. The molecule has 1 fully saturated rings. The molecule has 1 atom stereocenters. The fraction of sp³-hybridized carbons (Fsp3) is 0.371. The smallest absolute Gasteiger partial charge is 0.420 e. The number of amides is 1. The molecule has 13 heteroatoms. The molecule has 0 saturated carbocycles. The van der Waals surface area contributed by atoms with Crippen molar-refractivity contribution in [2.45, 2.75) is 31.5 Å². The van der Waals surface area contributed by atoms with Gasteiger partial charge in [0.05, 0.1) is 11.6 Å². The highest BCUT2D eigenvalue weighted by Crippen LogP contribution is 2.32. The van der Waals surface area contributed by atoms with E-state index in [4.69, 9.17) is 5.73 Å². The summed E-state index contributed by atoms with van der Waals surface area (Å²) >= 11 is 0. The Hall–Kier alpha value is -4.59. The van der Waals surface area contributed by atoms with E-state index >= 15 is 0 Å². The number of halogens is 3. The van der Waals surface area contributed by atoms with Crippen molar-refractivity contribution in [2.75, 3.05) is 57.7 Å². The molecule has 3 aromatic carbocycles. The molecule has 3 aromatic rings. The van der Waals surface area contributed by atoms with Gasteiger partial charge in [-0.1, -0.05) is 48.5 Å². The fourth-order valence-corrected chi connectivity index (χ4v) is 5.91. The molecule has 1 amide bonds. The van der Waals surface area contributed by atoms with Gasteiger partial charge >= 0.3 is 12.1 Å². The van der Waals surface area contributed by atoms with Crippen LogP contribution in [0.5, 0.6) is 5.75 Å². The van der Waals surface area contributed by atoms with E-state index in [0.29, 0.717) is 46.6 Å². The standard InChI is InChI=1S/C35H38F3N5O5/c36-35(37,38)34(47)48-24-12-10-23(11-13-24)22-28(39)33(46)41-15-5-17-43-20-18-42(19-21-43)16-4-14-40-29-9-3-8-27-30(29)32(45)26-7-2-1-6-25(26)31(27)44/h1-3,6-13,28,40H,4-5,14-22,39H2,(H,41,46)/t28-/m0/s1. The van der Waals surface area contributed by atoms with Gasteiger partial charge in [-0.3, -0.25) is 14.4 Å². The number of rotatable bonds is 13. The van der Waals surface area contributed by atoms with Crippen molar-refractivity contribution < 1.29 is 37.1 Å². The number of piperazine rings is 1. The van der Waals surface area contributed by atoms with E-state index in [1.807, 2.05) is 6.07 Å². The molecule has 10 nitrogen and oxygen atoms in total. The molecule has 1 aliphatic carbocycles. The number of ketones is 2. The highest BCUT2D eigenvalue weighted by Gasteiger charge is 2.41. The first-order valence-electron chi connectivity index (χ1n) is 15.9. The molecule has 0 aromatic heterocycles. The molecule has 1 heterocycles. The average Bonchev–Trinajstić information content (AvgIpc) is 3.08. The summed E-state index contributed by atoms with van der Waals surface area (Å²) in [6.45, 7) is 6.55. The largest absolute Gasteiger partial charge is 0.491 e. The van der Waals surface area contributed by atoms with Crippen LogP contribution in [0.1, 0.15) is 50.2 Å². The van der Waals surface area contributed by atoms with Crippen LogP contribution < -0.4 is 21.1 Å². The summed E-state index contributed by atoms with van der Waals surface area (Å²) in [5, 5.41) is 6.22.